The van der Waals surface area contributed by atoms with Crippen molar-refractivity contribution in [3.8, 4) is 0 Å². The minimum Gasteiger partial charge on any atom is -0.448 e. The summed E-state index contributed by atoms with van der Waals surface area (Å²) in [6.07, 6.45) is 5.71. The van der Waals surface area contributed by atoms with E-state index in [0.717, 1.165) is 29.8 Å². The van der Waals surface area contributed by atoms with E-state index >= 15 is 0 Å². The van der Waals surface area contributed by atoms with Crippen LogP contribution in [0.25, 0.3) is 0 Å². The zero-order valence-electron chi connectivity index (χ0n) is 8.49. The van der Waals surface area contributed by atoms with Crippen molar-refractivity contribution in [2.45, 2.75) is 31.7 Å². The maximum Gasteiger partial charge on any atom is 0.181 e. The molecule has 1 aromatic rings. The van der Waals surface area contributed by atoms with E-state index in [4.69, 9.17) is 4.42 Å². The number of rotatable bonds is 3. The lowest BCUT2D eigenvalue weighted by Crippen LogP contribution is -2.09. The predicted molar refractivity (Wildman–Crippen MR) is 52.8 cm³/mol. The average molecular weight is 192 g/mol. The Labute approximate surface area is 83.9 Å². The fourth-order valence-electron chi connectivity index (χ4n) is 2.84. The molecule has 0 spiro atoms. The molecule has 3 rings (SSSR count). The highest BCUT2D eigenvalue weighted by Gasteiger charge is 2.47. The third-order valence-corrected chi connectivity index (χ3v) is 3.63. The smallest absolute Gasteiger partial charge is 0.181 e. The number of aromatic nitrogens is 1. The zero-order chi connectivity index (χ0) is 9.54. The summed E-state index contributed by atoms with van der Waals surface area (Å²) >= 11 is 0. The lowest BCUT2D eigenvalue weighted by Gasteiger charge is -2.09. The molecule has 2 fully saturated rings. The molecule has 2 saturated carbocycles. The van der Waals surface area contributed by atoms with Crippen LogP contribution in [0.5, 0.6) is 0 Å². The Balaban J connectivity index is 1.78. The fourth-order valence-corrected chi connectivity index (χ4v) is 2.84. The van der Waals surface area contributed by atoms with Crippen LogP contribution in [0.4, 0.5) is 0 Å². The molecule has 2 aliphatic carbocycles. The second-order valence-electron chi connectivity index (χ2n) is 4.62. The summed E-state index contributed by atoms with van der Waals surface area (Å²) in [6.45, 7) is 0.831. The molecule has 0 radical (unpaired) electrons. The van der Waals surface area contributed by atoms with Gasteiger partial charge in [0.05, 0.1) is 5.69 Å². The van der Waals surface area contributed by atoms with E-state index in [9.17, 15) is 0 Å². The van der Waals surface area contributed by atoms with Gasteiger partial charge in [0.2, 0.25) is 0 Å². The molecule has 3 nitrogen and oxygen atoms in total. The molecule has 2 unspecified atom stereocenters. The van der Waals surface area contributed by atoms with Crippen LogP contribution in [-0.2, 0) is 6.54 Å². The van der Waals surface area contributed by atoms with Gasteiger partial charge in [-0.1, -0.05) is 0 Å². The quantitative estimate of drug-likeness (QED) is 0.795. The number of oxazole rings is 1. The van der Waals surface area contributed by atoms with Gasteiger partial charge in [0.1, 0.15) is 5.76 Å². The summed E-state index contributed by atoms with van der Waals surface area (Å²) in [4.78, 5) is 4.26. The minimum atomic E-state index is 0.657. The zero-order valence-corrected chi connectivity index (χ0v) is 8.49. The van der Waals surface area contributed by atoms with Crippen LogP contribution >= 0.6 is 0 Å². The Kier molecular flexibility index (Phi) is 1.87. The van der Waals surface area contributed by atoms with Gasteiger partial charge in [-0.3, -0.25) is 0 Å². The van der Waals surface area contributed by atoms with Gasteiger partial charge in [-0.05, 0) is 38.1 Å². The number of nitrogens with zero attached hydrogens (tertiary/aromatic N) is 1. The molecular formula is C11H16N2O. The van der Waals surface area contributed by atoms with Gasteiger partial charge in [-0.25, -0.2) is 4.98 Å². The van der Waals surface area contributed by atoms with Gasteiger partial charge in [0.25, 0.3) is 0 Å². The first-order chi connectivity index (χ1) is 6.88. The number of hydrogen-bond acceptors (Lipinski definition) is 3. The standard InChI is InChI=1S/C11H16N2O/c1-12-5-10-11(14-6-13-10)9-3-7-2-8(7)4-9/h6-9,12H,2-5H2,1H3. The first-order valence-electron chi connectivity index (χ1n) is 5.45. The van der Waals surface area contributed by atoms with E-state index in [-0.39, 0.29) is 0 Å². The van der Waals surface area contributed by atoms with Crippen LogP contribution in [-0.4, -0.2) is 12.0 Å². The molecule has 1 N–H and O–H groups in total. The Bertz CT molecular complexity index is 324. The lowest BCUT2D eigenvalue weighted by atomic mass is 9.99. The van der Waals surface area contributed by atoms with Crippen molar-refractivity contribution in [1.82, 2.24) is 10.3 Å². The Hall–Kier alpha value is -0.830. The van der Waals surface area contributed by atoms with Crippen LogP contribution < -0.4 is 5.32 Å². The second-order valence-corrected chi connectivity index (χ2v) is 4.62. The van der Waals surface area contributed by atoms with Gasteiger partial charge in [-0.2, -0.15) is 0 Å². The Morgan fingerprint density at radius 1 is 1.43 bits per heavy atom. The molecule has 14 heavy (non-hydrogen) atoms. The maximum absolute atomic E-state index is 5.52. The maximum atomic E-state index is 5.52. The molecule has 2 aliphatic rings. The van der Waals surface area contributed by atoms with E-state index in [1.54, 1.807) is 6.39 Å². The largest absolute Gasteiger partial charge is 0.448 e. The Morgan fingerprint density at radius 2 is 2.21 bits per heavy atom. The highest BCUT2D eigenvalue weighted by molar-refractivity contribution is 5.17. The van der Waals surface area contributed by atoms with Gasteiger partial charge >= 0.3 is 0 Å². The number of hydrogen-bond donors (Lipinski definition) is 1. The highest BCUT2D eigenvalue weighted by atomic mass is 16.3. The molecule has 0 amide bonds. The minimum absolute atomic E-state index is 0.657. The van der Waals surface area contributed by atoms with Crippen molar-refractivity contribution in [2.24, 2.45) is 11.8 Å². The summed E-state index contributed by atoms with van der Waals surface area (Å²) < 4.78 is 5.52. The van der Waals surface area contributed by atoms with Crippen molar-refractivity contribution in [3.05, 3.63) is 17.8 Å². The normalized spacial score (nSPS) is 34.5. The van der Waals surface area contributed by atoms with Crippen LogP contribution in [0.2, 0.25) is 0 Å². The molecule has 0 aliphatic heterocycles. The SMILES string of the molecule is CNCc1ncoc1C1CC2CC2C1. The van der Waals surface area contributed by atoms with Crippen LogP contribution in [0.1, 0.15) is 36.6 Å². The molecule has 2 atom stereocenters. The molecular weight excluding hydrogens is 176 g/mol. The second kappa shape index (κ2) is 3.09. The van der Waals surface area contributed by atoms with Gasteiger partial charge < -0.3 is 9.73 Å². The summed E-state index contributed by atoms with van der Waals surface area (Å²) in [7, 11) is 1.95. The van der Waals surface area contributed by atoms with Gasteiger partial charge in [0.15, 0.2) is 6.39 Å². The third-order valence-electron chi connectivity index (χ3n) is 3.63. The molecule has 1 aromatic heterocycles. The van der Waals surface area contributed by atoms with Gasteiger partial charge in [-0.15, -0.1) is 0 Å². The summed E-state index contributed by atoms with van der Waals surface area (Å²) in [5.74, 6) is 3.82. The first kappa shape index (κ1) is 8.48. The molecule has 0 saturated heterocycles. The third kappa shape index (κ3) is 1.27. The van der Waals surface area contributed by atoms with Crippen LogP contribution in [0.15, 0.2) is 10.8 Å². The summed E-state index contributed by atoms with van der Waals surface area (Å²) in [6, 6.07) is 0. The van der Waals surface area contributed by atoms with E-state index in [0.29, 0.717) is 5.92 Å². The van der Waals surface area contributed by atoms with Crippen molar-refractivity contribution in [2.75, 3.05) is 7.05 Å². The summed E-state index contributed by atoms with van der Waals surface area (Å²) in [5, 5.41) is 3.13. The molecule has 0 aromatic carbocycles. The van der Waals surface area contributed by atoms with E-state index in [2.05, 4.69) is 10.3 Å². The highest BCUT2D eigenvalue weighted by Crippen LogP contribution is 2.57. The molecule has 0 bridgehead atoms. The van der Waals surface area contributed by atoms with E-state index in [1.165, 1.54) is 19.3 Å². The van der Waals surface area contributed by atoms with Crippen molar-refractivity contribution in [1.29, 1.82) is 0 Å². The molecule has 3 heteroatoms. The van der Waals surface area contributed by atoms with Crippen LogP contribution in [0.3, 0.4) is 0 Å². The predicted octanol–water partition coefficient (Wildman–Crippen LogP) is 1.91. The summed E-state index contributed by atoms with van der Waals surface area (Å²) in [5.41, 5.74) is 1.11. The van der Waals surface area contributed by atoms with Crippen molar-refractivity contribution in [3.63, 3.8) is 0 Å². The lowest BCUT2D eigenvalue weighted by molar-refractivity contribution is 0.438. The van der Waals surface area contributed by atoms with Crippen molar-refractivity contribution >= 4 is 0 Å². The first-order valence-corrected chi connectivity index (χ1v) is 5.45. The fraction of sp³-hybridized carbons (Fsp3) is 0.727. The molecule has 1 heterocycles. The van der Waals surface area contributed by atoms with E-state index in [1.807, 2.05) is 7.05 Å². The number of nitrogens with one attached hydrogen (secondary N) is 1. The molecule has 76 valence electrons. The van der Waals surface area contributed by atoms with Gasteiger partial charge in [0, 0.05) is 12.5 Å². The average Bonchev–Trinajstić information content (AvgIpc) is 2.67. The number of fused-ring (bicyclic) bond motifs is 1. The van der Waals surface area contributed by atoms with Crippen molar-refractivity contribution < 1.29 is 4.42 Å². The van der Waals surface area contributed by atoms with E-state index < -0.39 is 0 Å². The van der Waals surface area contributed by atoms with Crippen LogP contribution in [0, 0.1) is 11.8 Å². The monoisotopic (exact) mass is 192 g/mol. The Morgan fingerprint density at radius 3 is 2.93 bits per heavy atom. The topological polar surface area (TPSA) is 38.1 Å².